The number of halogens is 1. The molecule has 1 fully saturated rings. The summed E-state index contributed by atoms with van der Waals surface area (Å²) in [6.07, 6.45) is 2.13. The fraction of sp³-hybridized carbons (Fsp3) is 0.409. The molecule has 1 saturated heterocycles. The molecule has 0 radical (unpaired) electrons. The molecule has 0 aliphatic carbocycles. The molecular formula is C22H31ClN6. The molecule has 0 unspecified atom stereocenters. The second-order valence-electron chi connectivity index (χ2n) is 7.55. The van der Waals surface area contributed by atoms with E-state index in [-0.39, 0.29) is 0 Å². The van der Waals surface area contributed by atoms with E-state index < -0.39 is 0 Å². The fourth-order valence-corrected chi connectivity index (χ4v) is 3.86. The number of allylic oxidation sites excluding steroid dienone is 1. The molecule has 0 atom stereocenters. The van der Waals surface area contributed by atoms with Crippen molar-refractivity contribution in [1.82, 2.24) is 20.1 Å². The normalized spacial score (nSPS) is 15.1. The number of fused-ring (bicyclic) bond motifs is 1. The maximum Gasteiger partial charge on any atom is 0.126 e. The zero-order chi connectivity index (χ0) is 21.0. The van der Waals surface area contributed by atoms with Crippen LogP contribution in [0.3, 0.4) is 0 Å². The lowest BCUT2D eigenvalue weighted by Crippen LogP contribution is -2.47. The van der Waals surface area contributed by atoms with E-state index in [1.54, 1.807) is 0 Å². The standard InChI is InChI=1S/C22H31ClN6/c1-5-18(27(3)4)15-25-14-16(2)28-8-10-29(11-9-28)21-13-22(24)26-20-12-17(23)6-7-19(20)21/h5-7,12-13,25H,2,8-11,14-15H2,1,3-4H3,(H2,24,26)/b18-5+. The minimum Gasteiger partial charge on any atom is -0.384 e. The number of pyridine rings is 1. The molecule has 1 aromatic carbocycles. The highest BCUT2D eigenvalue weighted by Crippen LogP contribution is 2.30. The highest BCUT2D eigenvalue weighted by atomic mass is 35.5. The summed E-state index contributed by atoms with van der Waals surface area (Å²) in [6, 6.07) is 7.76. The second kappa shape index (κ2) is 9.37. The van der Waals surface area contributed by atoms with E-state index >= 15 is 0 Å². The molecule has 0 amide bonds. The van der Waals surface area contributed by atoms with Gasteiger partial charge in [0, 0.05) is 86.9 Å². The Hall–Kier alpha value is -2.44. The Balaban J connectivity index is 1.59. The number of nitrogen functional groups attached to an aromatic ring is 1. The highest BCUT2D eigenvalue weighted by molar-refractivity contribution is 6.31. The third-order valence-corrected chi connectivity index (χ3v) is 5.62. The number of hydrogen-bond acceptors (Lipinski definition) is 6. The van der Waals surface area contributed by atoms with E-state index in [0.29, 0.717) is 10.8 Å². The first kappa shape index (κ1) is 21.3. The predicted octanol–water partition coefficient (Wildman–Crippen LogP) is 3.16. The first-order chi connectivity index (χ1) is 13.9. The number of nitrogens with one attached hydrogen (secondary N) is 1. The summed E-state index contributed by atoms with van der Waals surface area (Å²) in [6.45, 7) is 11.7. The number of nitrogens with two attached hydrogens (primary N) is 1. The summed E-state index contributed by atoms with van der Waals surface area (Å²) in [5, 5.41) is 5.25. The van der Waals surface area contributed by atoms with Crippen LogP contribution in [0.2, 0.25) is 5.02 Å². The van der Waals surface area contributed by atoms with Gasteiger partial charge in [0.15, 0.2) is 0 Å². The van der Waals surface area contributed by atoms with Gasteiger partial charge >= 0.3 is 0 Å². The molecular weight excluding hydrogens is 384 g/mol. The van der Waals surface area contributed by atoms with Crippen molar-refractivity contribution in [1.29, 1.82) is 0 Å². The average Bonchev–Trinajstić information content (AvgIpc) is 2.70. The molecule has 29 heavy (non-hydrogen) atoms. The molecule has 0 spiro atoms. The lowest BCUT2D eigenvalue weighted by Gasteiger charge is -2.38. The number of aromatic nitrogens is 1. The van der Waals surface area contributed by atoms with Crippen molar-refractivity contribution in [2.45, 2.75) is 6.92 Å². The van der Waals surface area contributed by atoms with E-state index in [9.17, 15) is 0 Å². The second-order valence-corrected chi connectivity index (χ2v) is 7.98. The summed E-state index contributed by atoms with van der Waals surface area (Å²) < 4.78 is 0. The number of nitrogens with zero attached hydrogens (tertiary/aromatic N) is 4. The SMILES string of the molecule is C=C(CNC/C(=C\C)N(C)C)N1CCN(c2cc(N)nc3cc(Cl)ccc23)CC1. The maximum absolute atomic E-state index is 6.13. The van der Waals surface area contributed by atoms with Crippen LogP contribution in [-0.4, -0.2) is 68.1 Å². The van der Waals surface area contributed by atoms with Gasteiger partial charge < -0.3 is 25.8 Å². The van der Waals surface area contributed by atoms with Gasteiger partial charge in [-0.25, -0.2) is 4.98 Å². The van der Waals surface area contributed by atoms with Gasteiger partial charge in [-0.1, -0.05) is 24.3 Å². The Morgan fingerprint density at radius 2 is 1.97 bits per heavy atom. The van der Waals surface area contributed by atoms with Crippen LogP contribution < -0.4 is 16.0 Å². The van der Waals surface area contributed by atoms with E-state index in [4.69, 9.17) is 17.3 Å². The largest absolute Gasteiger partial charge is 0.384 e. The molecule has 156 valence electrons. The third-order valence-electron chi connectivity index (χ3n) is 5.38. The average molecular weight is 415 g/mol. The van der Waals surface area contributed by atoms with Crippen molar-refractivity contribution >= 4 is 34.0 Å². The summed E-state index contributed by atoms with van der Waals surface area (Å²) in [4.78, 5) is 11.3. The molecule has 0 saturated carbocycles. The van der Waals surface area contributed by atoms with Crippen LogP contribution in [0.15, 0.2) is 48.3 Å². The Morgan fingerprint density at radius 1 is 1.24 bits per heavy atom. The quantitative estimate of drug-likeness (QED) is 0.725. The minimum atomic E-state index is 0.520. The van der Waals surface area contributed by atoms with Crippen molar-refractivity contribution < 1.29 is 0 Å². The first-order valence-electron chi connectivity index (χ1n) is 9.95. The van der Waals surface area contributed by atoms with Gasteiger partial charge in [-0.15, -0.1) is 0 Å². The Kier molecular flexibility index (Phi) is 6.87. The van der Waals surface area contributed by atoms with Gasteiger partial charge in [-0.05, 0) is 25.1 Å². The van der Waals surface area contributed by atoms with Gasteiger partial charge in [0.05, 0.1) is 5.52 Å². The maximum atomic E-state index is 6.13. The minimum absolute atomic E-state index is 0.520. The van der Waals surface area contributed by atoms with Crippen LogP contribution in [0.25, 0.3) is 10.9 Å². The molecule has 1 aromatic heterocycles. The molecule has 1 aliphatic heterocycles. The zero-order valence-corrected chi connectivity index (χ0v) is 18.3. The molecule has 3 rings (SSSR count). The summed E-state index contributed by atoms with van der Waals surface area (Å²) in [5.74, 6) is 0.520. The number of rotatable bonds is 7. The van der Waals surface area contributed by atoms with Crippen molar-refractivity contribution in [2.75, 3.05) is 64.0 Å². The Morgan fingerprint density at radius 3 is 2.62 bits per heavy atom. The fourth-order valence-electron chi connectivity index (χ4n) is 3.69. The topological polar surface area (TPSA) is 60.7 Å². The van der Waals surface area contributed by atoms with Gasteiger partial charge in [-0.3, -0.25) is 0 Å². The van der Waals surface area contributed by atoms with Crippen LogP contribution in [-0.2, 0) is 0 Å². The summed E-state index contributed by atoms with van der Waals surface area (Å²) in [7, 11) is 4.13. The van der Waals surface area contributed by atoms with Gasteiger partial charge in [-0.2, -0.15) is 0 Å². The molecule has 3 N–H and O–H groups in total. The monoisotopic (exact) mass is 414 g/mol. The number of anilines is 2. The number of hydrogen-bond donors (Lipinski definition) is 2. The van der Waals surface area contributed by atoms with Crippen LogP contribution in [0, 0.1) is 0 Å². The highest BCUT2D eigenvalue weighted by Gasteiger charge is 2.20. The van der Waals surface area contributed by atoms with Crippen molar-refractivity contribution in [3.05, 3.63) is 53.3 Å². The molecule has 6 nitrogen and oxygen atoms in total. The van der Waals surface area contributed by atoms with Crippen molar-refractivity contribution in [3.63, 3.8) is 0 Å². The number of benzene rings is 1. The van der Waals surface area contributed by atoms with Crippen LogP contribution >= 0.6 is 11.6 Å². The van der Waals surface area contributed by atoms with E-state index in [2.05, 4.69) is 58.7 Å². The number of piperazine rings is 1. The van der Waals surface area contributed by atoms with Crippen molar-refractivity contribution in [3.8, 4) is 0 Å². The third kappa shape index (κ3) is 5.14. The summed E-state index contributed by atoms with van der Waals surface area (Å²) >= 11 is 6.13. The first-order valence-corrected chi connectivity index (χ1v) is 10.3. The Bertz CT molecular complexity index is 894. The molecule has 7 heteroatoms. The smallest absolute Gasteiger partial charge is 0.126 e. The zero-order valence-electron chi connectivity index (χ0n) is 17.6. The van der Waals surface area contributed by atoms with Gasteiger partial charge in [0.1, 0.15) is 5.82 Å². The molecule has 1 aliphatic rings. The molecule has 0 bridgehead atoms. The van der Waals surface area contributed by atoms with E-state index in [1.165, 1.54) is 5.70 Å². The lowest BCUT2D eigenvalue weighted by molar-refractivity contribution is 0.314. The van der Waals surface area contributed by atoms with E-state index in [1.807, 2.05) is 24.3 Å². The van der Waals surface area contributed by atoms with Gasteiger partial charge in [0.2, 0.25) is 0 Å². The predicted molar refractivity (Wildman–Crippen MR) is 124 cm³/mol. The lowest BCUT2D eigenvalue weighted by atomic mass is 10.1. The molecule has 2 aromatic rings. The number of likely N-dealkylation sites (N-methyl/N-ethyl adjacent to an activating group) is 1. The Labute approximate surface area is 178 Å². The van der Waals surface area contributed by atoms with Crippen LogP contribution in [0.4, 0.5) is 11.5 Å². The molecule has 2 heterocycles. The van der Waals surface area contributed by atoms with Crippen LogP contribution in [0.5, 0.6) is 0 Å². The van der Waals surface area contributed by atoms with Gasteiger partial charge in [0.25, 0.3) is 0 Å². The van der Waals surface area contributed by atoms with E-state index in [0.717, 1.165) is 61.6 Å². The summed E-state index contributed by atoms with van der Waals surface area (Å²) in [5.41, 5.74) is 10.4. The van der Waals surface area contributed by atoms with Crippen LogP contribution in [0.1, 0.15) is 6.92 Å². The van der Waals surface area contributed by atoms with Crippen molar-refractivity contribution in [2.24, 2.45) is 0 Å².